The SMILES string of the molecule is CCC.CCC.CCC.CCC.CCC.CCC.CCc1c2c(ccc3ccccc32)nc2ccc3ccccc3c12.CCc1c2ccc3ccccc3c2nc2c1ccc1ccccc12.CCc1c2ccccc2nc2c1ccc1ccccc12.CCc1nc(CC)c(CC)c(-c2c(CC)c(CC)c(CC)c(CC)c2CC)c1CC.CCc1nc(CC)c(CC)c(-c2c(CC)c(CC)c(CC)c(CC)c2CC)n1. The zero-order valence-electron chi connectivity index (χ0n) is 95.7. The van der Waals surface area contributed by atoms with Gasteiger partial charge in [-0.2, -0.15) is 0 Å². The first kappa shape index (κ1) is 118. The summed E-state index contributed by atoms with van der Waals surface area (Å²) in [5.74, 6) is 0.990. The van der Waals surface area contributed by atoms with E-state index in [1.807, 2.05) is 0 Å². The molecule has 0 aliphatic rings. The largest absolute Gasteiger partial charge is 0.257 e. The average Bonchev–Trinajstić information content (AvgIpc) is 0.732. The van der Waals surface area contributed by atoms with E-state index in [-0.39, 0.29) is 0 Å². The highest BCUT2D eigenvalue weighted by Crippen LogP contribution is 2.46. The minimum atomic E-state index is 0.890. The third-order valence-electron chi connectivity index (χ3n) is 27.3. The molecule has 0 atom stereocenters. The molecule has 0 saturated heterocycles. The molecule has 6 heteroatoms. The molecule has 0 radical (unpaired) electrons. The summed E-state index contributed by atoms with van der Waals surface area (Å²) in [5.41, 5.74) is 40.8. The summed E-state index contributed by atoms with van der Waals surface area (Å²) in [6, 6.07) is 73.2. The predicted octanol–water partition coefficient (Wildman–Crippen LogP) is 40.6. The Balaban J connectivity index is 0.000000211. The van der Waals surface area contributed by atoms with E-state index in [4.69, 9.17) is 29.9 Å². The van der Waals surface area contributed by atoms with Crippen LogP contribution in [0.25, 0.3) is 142 Å². The number of fused-ring (bicyclic) bond motifs is 16. The quantitative estimate of drug-likeness (QED) is 0.0497. The van der Waals surface area contributed by atoms with Crippen molar-refractivity contribution in [2.24, 2.45) is 0 Å². The van der Waals surface area contributed by atoms with Crippen molar-refractivity contribution in [3.63, 3.8) is 0 Å². The van der Waals surface area contributed by atoms with Crippen molar-refractivity contribution in [2.45, 2.75) is 389 Å². The standard InChI is InChI=1S/C29H45N.C26H40N2.2C23H17N.C19H15N.6C3H8/c1-10-19-20(11-2)22(13-4)28(23(14-5)21(19)12-3)29-24(15-6)26(17-8)30-27(18-9)25(29)16-7;1-9-17-18(10-2)20(12-4)25(21(13-5)19(17)11-3)26-22(14-6)23(15-7)27-24(16-8)28-26;1-2-17-22-18-9-5-3-7-15(18)11-13-20(22)24-21-14-12-16-8-4-6-10-19(16)23(17)21;1-2-17-20-13-11-15-7-3-5-9-18(15)22(20)24-23-19-10-6-4-8-16(19)12-14-21(17)23;1-2-14-16-9-5-6-10-18(16)20-19-15-8-4-3-7-13(15)11-12-17(14)19;6*1-3-2/h10-18H2,1-9H3;9-16H2,1-8H3;2*3-14H,2H2,1H3;3-12H,2H2,1H3;6*3H2,1-2H3. The third-order valence-corrected chi connectivity index (χ3v) is 27.3. The van der Waals surface area contributed by atoms with E-state index in [0.29, 0.717) is 0 Å². The molecule has 5 heterocycles. The highest BCUT2D eigenvalue weighted by molar-refractivity contribution is 6.19. The third kappa shape index (κ3) is 26.4. The van der Waals surface area contributed by atoms with Crippen LogP contribution in [0, 0.1) is 0 Å². The van der Waals surface area contributed by atoms with Gasteiger partial charge >= 0.3 is 0 Å². The second kappa shape index (κ2) is 60.4. The first-order chi connectivity index (χ1) is 70.2. The molecule has 0 amide bonds. The van der Waals surface area contributed by atoms with Gasteiger partial charge in [0.15, 0.2) is 0 Å². The smallest absolute Gasteiger partial charge is 0.129 e. The molecule has 144 heavy (non-hydrogen) atoms. The van der Waals surface area contributed by atoms with Crippen LogP contribution in [0.15, 0.2) is 206 Å². The van der Waals surface area contributed by atoms with Gasteiger partial charge in [0.1, 0.15) is 5.82 Å². The highest BCUT2D eigenvalue weighted by atomic mass is 14.9. The van der Waals surface area contributed by atoms with E-state index >= 15 is 0 Å². The number of pyridine rings is 4. The molecule has 6 nitrogen and oxygen atoms in total. The second-order valence-corrected chi connectivity index (χ2v) is 37.8. The summed E-state index contributed by atoms with van der Waals surface area (Å²) in [6.07, 6.45) is 28.6. The first-order valence-corrected chi connectivity index (χ1v) is 56.9. The topological polar surface area (TPSA) is 77.3 Å². The van der Waals surface area contributed by atoms with Gasteiger partial charge in [0.25, 0.3) is 0 Å². The fraction of sp³-hybridized carbons (Fsp3) is 0.420. The molecule has 0 bridgehead atoms. The van der Waals surface area contributed by atoms with E-state index in [1.165, 1.54) is 198 Å². The van der Waals surface area contributed by atoms with Crippen molar-refractivity contribution in [2.75, 3.05) is 0 Å². The minimum absolute atomic E-state index is 0.890. The number of benzene rings is 13. The second-order valence-electron chi connectivity index (χ2n) is 37.8. The molecule has 0 unspecified atom stereocenters. The number of para-hydroxylation sites is 1. The molecule has 5 aromatic heterocycles. The van der Waals surface area contributed by atoms with Crippen LogP contribution in [-0.2, 0) is 128 Å². The number of rotatable bonds is 22. The lowest BCUT2D eigenvalue weighted by Crippen LogP contribution is -2.14. The number of nitrogens with zero attached hydrogens (tertiary/aromatic N) is 6. The van der Waals surface area contributed by atoms with E-state index in [0.717, 1.165) is 167 Å². The Bertz CT molecular complexity index is 6860. The highest BCUT2D eigenvalue weighted by Gasteiger charge is 2.29. The molecule has 764 valence electrons. The first-order valence-electron chi connectivity index (χ1n) is 56.9. The summed E-state index contributed by atoms with van der Waals surface area (Å²) in [5, 5.41) is 20.3. The van der Waals surface area contributed by atoms with E-state index in [9.17, 15) is 0 Å². The summed E-state index contributed by atoms with van der Waals surface area (Å²) in [7, 11) is 0. The normalized spacial score (nSPS) is 10.8. The maximum atomic E-state index is 5.17. The molecule has 0 spiro atoms. The Morgan fingerprint density at radius 1 is 0.146 bits per heavy atom. The lowest BCUT2D eigenvalue weighted by atomic mass is 9.76. The zero-order valence-corrected chi connectivity index (χ0v) is 95.7. The Kier molecular flexibility index (Phi) is 49.3. The van der Waals surface area contributed by atoms with Gasteiger partial charge < -0.3 is 0 Å². The summed E-state index contributed by atoms with van der Waals surface area (Å²) in [6.45, 7) is 71.4. The van der Waals surface area contributed by atoms with Crippen molar-refractivity contribution in [1.29, 1.82) is 0 Å². The van der Waals surface area contributed by atoms with Crippen LogP contribution >= 0.6 is 0 Å². The Morgan fingerprint density at radius 2 is 0.396 bits per heavy atom. The van der Waals surface area contributed by atoms with E-state index in [2.05, 4.69) is 428 Å². The fourth-order valence-corrected chi connectivity index (χ4v) is 21.7. The molecular formula is C138H182N6. The van der Waals surface area contributed by atoms with Crippen molar-refractivity contribution in [3.8, 4) is 22.4 Å². The molecule has 18 aromatic rings. The van der Waals surface area contributed by atoms with Gasteiger partial charge in [-0.25, -0.2) is 24.9 Å². The maximum Gasteiger partial charge on any atom is 0.129 e. The van der Waals surface area contributed by atoms with Crippen LogP contribution < -0.4 is 0 Å². The van der Waals surface area contributed by atoms with Gasteiger partial charge in [-0.05, 0) is 278 Å². The Hall–Kier alpha value is -11.6. The summed E-state index contributed by atoms with van der Waals surface area (Å²) >= 11 is 0. The van der Waals surface area contributed by atoms with Crippen LogP contribution in [0.2, 0.25) is 0 Å². The summed E-state index contributed by atoms with van der Waals surface area (Å²) < 4.78 is 0. The molecule has 13 aromatic carbocycles. The van der Waals surface area contributed by atoms with Crippen molar-refractivity contribution < 1.29 is 0 Å². The molecule has 0 aliphatic heterocycles. The average molecular weight is 1930 g/mol. The molecule has 0 saturated carbocycles. The number of aromatic nitrogens is 6. The zero-order chi connectivity index (χ0) is 105. The Morgan fingerprint density at radius 3 is 0.708 bits per heavy atom. The lowest BCUT2D eigenvalue weighted by Gasteiger charge is -2.29. The van der Waals surface area contributed by atoms with E-state index in [1.54, 1.807) is 55.6 Å². The van der Waals surface area contributed by atoms with Crippen molar-refractivity contribution >= 4 is 119 Å². The Labute approximate surface area is 872 Å². The molecule has 0 fully saturated rings. The van der Waals surface area contributed by atoms with Crippen LogP contribution in [0.3, 0.4) is 0 Å². The number of aryl methyl sites for hydroxylation is 7. The lowest BCUT2D eigenvalue weighted by molar-refractivity contribution is 0.852. The monoisotopic (exact) mass is 1920 g/mol. The minimum Gasteiger partial charge on any atom is -0.257 e. The van der Waals surface area contributed by atoms with E-state index < -0.39 is 0 Å². The van der Waals surface area contributed by atoms with Gasteiger partial charge in [-0.3, -0.25) is 4.98 Å². The summed E-state index contributed by atoms with van der Waals surface area (Å²) in [4.78, 5) is 30.2. The van der Waals surface area contributed by atoms with Crippen molar-refractivity contribution in [1.82, 2.24) is 29.9 Å². The number of hydrogen-bond donors (Lipinski definition) is 0. The predicted molar refractivity (Wildman–Crippen MR) is 646 cm³/mol. The molecular weight excluding hydrogens is 1740 g/mol. The molecule has 0 N–H and O–H groups in total. The van der Waals surface area contributed by atoms with Gasteiger partial charge in [0.05, 0.1) is 38.8 Å². The van der Waals surface area contributed by atoms with Crippen LogP contribution in [0.5, 0.6) is 0 Å². The van der Waals surface area contributed by atoms with Crippen LogP contribution in [0.1, 0.15) is 372 Å². The maximum absolute atomic E-state index is 5.17. The number of hydrogen-bond acceptors (Lipinski definition) is 6. The van der Waals surface area contributed by atoms with Crippen molar-refractivity contribution in [3.05, 3.63) is 318 Å². The molecule has 0 aliphatic carbocycles. The van der Waals surface area contributed by atoms with Gasteiger partial charge in [-0.1, -0.05) is 448 Å². The van der Waals surface area contributed by atoms with Crippen LogP contribution in [-0.4, -0.2) is 29.9 Å². The van der Waals surface area contributed by atoms with Crippen LogP contribution in [0.4, 0.5) is 0 Å². The molecule has 18 rings (SSSR count). The fourth-order valence-electron chi connectivity index (χ4n) is 21.7. The van der Waals surface area contributed by atoms with Gasteiger partial charge in [0, 0.05) is 77.5 Å². The van der Waals surface area contributed by atoms with Gasteiger partial charge in [-0.15, -0.1) is 0 Å². The van der Waals surface area contributed by atoms with Gasteiger partial charge in [0.2, 0.25) is 0 Å².